The molecule has 0 saturated carbocycles. The molecule has 1 N–H and O–H groups in total. The Balaban J connectivity index is 2.20. The summed E-state index contributed by atoms with van der Waals surface area (Å²) >= 11 is 0. The molecule has 0 fully saturated rings. The van der Waals surface area contributed by atoms with Crippen molar-refractivity contribution >= 4 is 5.91 Å². The second kappa shape index (κ2) is 5.32. The van der Waals surface area contributed by atoms with Crippen LogP contribution in [0.3, 0.4) is 0 Å². The maximum Gasteiger partial charge on any atom is 0.254 e. The van der Waals surface area contributed by atoms with Gasteiger partial charge in [0.05, 0.1) is 0 Å². The molecule has 1 heterocycles. The quantitative estimate of drug-likeness (QED) is 0.863. The maximum atomic E-state index is 12.3. The molecular weight excluding hydrogens is 214 g/mol. The molecule has 1 unspecified atom stereocenters. The lowest BCUT2D eigenvalue weighted by atomic mass is 10.0. The van der Waals surface area contributed by atoms with Crippen LogP contribution >= 0.6 is 0 Å². The monoisotopic (exact) mass is 233 g/mol. The number of aryl methyl sites for hydroxylation is 1. The average Bonchev–Trinajstić information content (AvgIpc) is 2.51. The Morgan fingerprint density at radius 2 is 2.18 bits per heavy atom. The van der Waals surface area contributed by atoms with E-state index in [0.29, 0.717) is 6.54 Å². The summed E-state index contributed by atoms with van der Waals surface area (Å²) < 4.78 is 0. The highest BCUT2D eigenvalue weighted by Crippen LogP contribution is 2.19. The lowest BCUT2D eigenvalue weighted by Crippen LogP contribution is -2.35. The van der Waals surface area contributed by atoms with Crippen LogP contribution < -0.4 is 0 Å². The van der Waals surface area contributed by atoms with Gasteiger partial charge in [-0.1, -0.05) is 25.1 Å². The fourth-order valence-electron chi connectivity index (χ4n) is 2.29. The van der Waals surface area contributed by atoms with Crippen LogP contribution in [-0.4, -0.2) is 35.6 Å². The van der Waals surface area contributed by atoms with Crippen molar-refractivity contribution in [3.63, 3.8) is 0 Å². The van der Waals surface area contributed by atoms with Crippen LogP contribution in [0.15, 0.2) is 24.3 Å². The molecule has 0 spiro atoms. The van der Waals surface area contributed by atoms with Crippen LogP contribution in [0.5, 0.6) is 0 Å². The molecular formula is C14H19NO2. The van der Waals surface area contributed by atoms with Crippen LogP contribution in [0.4, 0.5) is 0 Å². The number of fused-ring (bicyclic) bond motifs is 1. The molecule has 17 heavy (non-hydrogen) atoms. The van der Waals surface area contributed by atoms with E-state index in [2.05, 4.69) is 0 Å². The number of amides is 1. The third-order valence-corrected chi connectivity index (χ3v) is 3.25. The number of benzene rings is 1. The number of aliphatic hydroxyl groups is 1. The van der Waals surface area contributed by atoms with Crippen molar-refractivity contribution in [2.24, 2.45) is 5.92 Å². The van der Waals surface area contributed by atoms with Gasteiger partial charge in [-0.25, -0.2) is 0 Å². The molecule has 0 aliphatic carbocycles. The predicted octanol–water partition coefficient (Wildman–Crippen LogP) is 1.70. The number of rotatable bonds is 3. The Hall–Kier alpha value is -1.35. The van der Waals surface area contributed by atoms with Gasteiger partial charge in [0.25, 0.3) is 5.91 Å². The van der Waals surface area contributed by atoms with Gasteiger partial charge in [-0.3, -0.25) is 4.79 Å². The van der Waals surface area contributed by atoms with Crippen LogP contribution in [0.1, 0.15) is 29.3 Å². The van der Waals surface area contributed by atoms with E-state index in [1.54, 1.807) is 0 Å². The van der Waals surface area contributed by atoms with Crippen molar-refractivity contribution in [2.75, 3.05) is 19.7 Å². The van der Waals surface area contributed by atoms with Crippen molar-refractivity contribution in [1.82, 2.24) is 4.90 Å². The summed E-state index contributed by atoms with van der Waals surface area (Å²) in [5, 5.41) is 9.08. The van der Waals surface area contributed by atoms with Crippen LogP contribution in [-0.2, 0) is 6.42 Å². The molecule has 1 aromatic rings. The Kier molecular flexibility index (Phi) is 3.79. The second-order valence-corrected chi connectivity index (χ2v) is 4.80. The average molecular weight is 233 g/mol. The van der Waals surface area contributed by atoms with E-state index in [1.807, 2.05) is 36.1 Å². The first-order valence-electron chi connectivity index (χ1n) is 6.20. The van der Waals surface area contributed by atoms with E-state index in [-0.39, 0.29) is 18.4 Å². The molecule has 0 aromatic heterocycles. The molecule has 1 aromatic carbocycles. The van der Waals surface area contributed by atoms with Crippen LogP contribution in [0.25, 0.3) is 0 Å². The van der Waals surface area contributed by atoms with Gasteiger partial charge in [0, 0.05) is 25.3 Å². The number of aliphatic hydroxyl groups excluding tert-OH is 1. The second-order valence-electron chi connectivity index (χ2n) is 4.80. The minimum atomic E-state index is 0.110. The fourth-order valence-corrected chi connectivity index (χ4v) is 2.29. The number of hydrogen-bond acceptors (Lipinski definition) is 2. The van der Waals surface area contributed by atoms with Crippen molar-refractivity contribution in [3.8, 4) is 0 Å². The summed E-state index contributed by atoms with van der Waals surface area (Å²) in [5.74, 6) is 0.252. The Morgan fingerprint density at radius 1 is 1.41 bits per heavy atom. The standard InChI is InChI=1S/C14H19NO2/c1-11(10-16)9-15-8-4-6-12-5-2-3-7-13(12)14(15)17/h2-3,5,7,11,16H,4,6,8-10H2,1H3. The SMILES string of the molecule is CC(CO)CN1CCCc2ccccc2C1=O. The highest BCUT2D eigenvalue weighted by atomic mass is 16.3. The molecule has 2 rings (SSSR count). The first-order valence-corrected chi connectivity index (χ1v) is 6.20. The molecule has 1 atom stereocenters. The third kappa shape index (κ3) is 2.67. The zero-order valence-corrected chi connectivity index (χ0v) is 10.2. The van der Waals surface area contributed by atoms with Gasteiger partial charge in [0.2, 0.25) is 0 Å². The van der Waals surface area contributed by atoms with Gasteiger partial charge in [-0.15, -0.1) is 0 Å². The summed E-state index contributed by atoms with van der Waals surface area (Å²) in [6.07, 6.45) is 1.97. The zero-order chi connectivity index (χ0) is 12.3. The van der Waals surface area contributed by atoms with Gasteiger partial charge >= 0.3 is 0 Å². The summed E-state index contributed by atoms with van der Waals surface area (Å²) in [6, 6.07) is 7.83. The summed E-state index contributed by atoms with van der Waals surface area (Å²) in [4.78, 5) is 14.2. The van der Waals surface area contributed by atoms with Crippen molar-refractivity contribution < 1.29 is 9.90 Å². The molecule has 0 bridgehead atoms. The molecule has 1 aliphatic heterocycles. The first-order chi connectivity index (χ1) is 8.22. The Labute approximate surface area is 102 Å². The smallest absolute Gasteiger partial charge is 0.254 e. The molecule has 1 aliphatic rings. The Bertz CT molecular complexity index is 403. The molecule has 92 valence electrons. The van der Waals surface area contributed by atoms with Gasteiger partial charge in [-0.05, 0) is 30.4 Å². The summed E-state index contributed by atoms with van der Waals surface area (Å²) in [5.41, 5.74) is 1.98. The van der Waals surface area contributed by atoms with Crippen LogP contribution in [0.2, 0.25) is 0 Å². The van der Waals surface area contributed by atoms with Gasteiger partial charge in [-0.2, -0.15) is 0 Å². The largest absolute Gasteiger partial charge is 0.396 e. The summed E-state index contributed by atoms with van der Waals surface area (Å²) in [6.45, 7) is 3.52. The molecule has 3 heteroatoms. The van der Waals surface area contributed by atoms with Crippen molar-refractivity contribution in [2.45, 2.75) is 19.8 Å². The van der Waals surface area contributed by atoms with E-state index in [0.717, 1.165) is 30.5 Å². The van der Waals surface area contributed by atoms with E-state index < -0.39 is 0 Å². The minimum absolute atomic E-state index is 0.110. The predicted molar refractivity (Wildman–Crippen MR) is 66.9 cm³/mol. The fraction of sp³-hybridized carbons (Fsp3) is 0.500. The molecule has 1 amide bonds. The van der Waals surface area contributed by atoms with E-state index in [4.69, 9.17) is 5.11 Å². The minimum Gasteiger partial charge on any atom is -0.396 e. The highest BCUT2D eigenvalue weighted by Gasteiger charge is 2.22. The molecule has 0 saturated heterocycles. The number of carbonyl (C=O) groups excluding carboxylic acids is 1. The van der Waals surface area contributed by atoms with Gasteiger partial charge in [0.15, 0.2) is 0 Å². The topological polar surface area (TPSA) is 40.5 Å². The summed E-state index contributed by atoms with van der Waals surface area (Å²) in [7, 11) is 0. The lowest BCUT2D eigenvalue weighted by molar-refractivity contribution is 0.0715. The maximum absolute atomic E-state index is 12.3. The lowest BCUT2D eigenvalue weighted by Gasteiger charge is -2.23. The van der Waals surface area contributed by atoms with Crippen molar-refractivity contribution in [1.29, 1.82) is 0 Å². The van der Waals surface area contributed by atoms with Crippen molar-refractivity contribution in [3.05, 3.63) is 35.4 Å². The third-order valence-electron chi connectivity index (χ3n) is 3.25. The number of carbonyl (C=O) groups is 1. The zero-order valence-electron chi connectivity index (χ0n) is 10.2. The highest BCUT2D eigenvalue weighted by molar-refractivity contribution is 5.96. The van der Waals surface area contributed by atoms with E-state index >= 15 is 0 Å². The van der Waals surface area contributed by atoms with Gasteiger partial charge < -0.3 is 10.0 Å². The van der Waals surface area contributed by atoms with E-state index in [9.17, 15) is 4.79 Å². The molecule has 3 nitrogen and oxygen atoms in total. The number of hydrogen-bond donors (Lipinski definition) is 1. The number of nitrogens with zero attached hydrogens (tertiary/aromatic N) is 1. The first kappa shape index (κ1) is 12.1. The van der Waals surface area contributed by atoms with Gasteiger partial charge in [0.1, 0.15) is 0 Å². The Morgan fingerprint density at radius 3 is 2.94 bits per heavy atom. The van der Waals surface area contributed by atoms with Crippen LogP contribution in [0, 0.1) is 5.92 Å². The molecule has 0 radical (unpaired) electrons. The normalized spacial score (nSPS) is 17.5. The van der Waals surface area contributed by atoms with E-state index in [1.165, 1.54) is 0 Å².